The summed E-state index contributed by atoms with van der Waals surface area (Å²) in [4.78, 5) is 10.2. The van der Waals surface area contributed by atoms with Crippen LogP contribution in [0.1, 0.15) is 12.6 Å². The van der Waals surface area contributed by atoms with Crippen molar-refractivity contribution in [3.05, 3.63) is 11.9 Å². The lowest BCUT2D eigenvalue weighted by Gasteiger charge is -2.06. The maximum absolute atomic E-state index is 10.2. The first-order chi connectivity index (χ1) is 10.7. The summed E-state index contributed by atoms with van der Waals surface area (Å²) in [6, 6.07) is 0. The zero-order valence-electron chi connectivity index (χ0n) is 12.8. The lowest BCUT2D eigenvalue weighted by Crippen LogP contribution is -2.14. The van der Waals surface area contributed by atoms with Gasteiger partial charge in [-0.3, -0.25) is 4.68 Å². The molecule has 0 atom stereocenters. The number of ether oxygens (including phenoxy) is 4. The highest BCUT2D eigenvalue weighted by molar-refractivity contribution is 5.67. The molecule has 1 rings (SSSR count). The van der Waals surface area contributed by atoms with Crippen LogP contribution in [0.4, 0.5) is 0 Å². The Morgan fingerprint density at radius 2 is 1.68 bits per heavy atom. The highest BCUT2D eigenvalue weighted by atomic mass is 16.6. The molecule has 0 saturated heterocycles. The van der Waals surface area contributed by atoms with Crippen LogP contribution in [0, 0.1) is 0 Å². The van der Waals surface area contributed by atoms with E-state index in [-0.39, 0.29) is 13.2 Å². The zero-order valence-corrected chi connectivity index (χ0v) is 12.8. The van der Waals surface area contributed by atoms with Crippen molar-refractivity contribution in [3.63, 3.8) is 0 Å². The summed E-state index contributed by atoms with van der Waals surface area (Å²) in [7, 11) is 0. The van der Waals surface area contributed by atoms with Crippen LogP contribution in [-0.2, 0) is 36.9 Å². The molecule has 1 aromatic rings. The number of hydrogen-bond acceptors (Lipinski definition) is 7. The van der Waals surface area contributed by atoms with Gasteiger partial charge < -0.3 is 24.1 Å². The van der Waals surface area contributed by atoms with Crippen LogP contribution in [0.2, 0.25) is 0 Å². The van der Waals surface area contributed by atoms with Crippen molar-refractivity contribution in [1.29, 1.82) is 0 Å². The Balaban J connectivity index is 1.81. The number of nitrogens with zero attached hydrogens (tertiary/aromatic N) is 3. The summed E-state index contributed by atoms with van der Waals surface area (Å²) >= 11 is 0. The smallest absolute Gasteiger partial charge is 0.329 e. The molecule has 126 valence electrons. The fraction of sp³-hybridized carbons (Fsp3) is 0.769. The number of carboxylic acids is 1. The minimum Gasteiger partial charge on any atom is -0.480 e. The summed E-state index contributed by atoms with van der Waals surface area (Å²) in [6.45, 7) is 5.33. The highest BCUT2D eigenvalue weighted by Crippen LogP contribution is 1.95. The molecular weight excluding hydrogens is 294 g/mol. The van der Waals surface area contributed by atoms with Crippen LogP contribution in [-0.4, -0.2) is 72.3 Å². The highest BCUT2D eigenvalue weighted by Gasteiger charge is 1.99. The van der Waals surface area contributed by atoms with Gasteiger partial charge in [-0.1, -0.05) is 5.21 Å². The SMILES string of the molecule is CCn1cc(COCCOCCOCCOCC(=O)O)nn1. The van der Waals surface area contributed by atoms with Crippen LogP contribution in [0.5, 0.6) is 0 Å². The molecular formula is C13H23N3O6. The number of carboxylic acid groups (broad SMARTS) is 1. The monoisotopic (exact) mass is 317 g/mol. The molecule has 1 N–H and O–H groups in total. The molecule has 0 bridgehead atoms. The van der Waals surface area contributed by atoms with Gasteiger partial charge >= 0.3 is 5.97 Å². The van der Waals surface area contributed by atoms with E-state index in [1.807, 2.05) is 13.1 Å². The molecule has 1 aromatic heterocycles. The fourth-order valence-electron chi connectivity index (χ4n) is 1.45. The number of hydrogen-bond donors (Lipinski definition) is 1. The van der Waals surface area contributed by atoms with Crippen LogP contribution in [0.15, 0.2) is 6.20 Å². The summed E-state index contributed by atoms with van der Waals surface area (Å²) in [6.07, 6.45) is 1.85. The van der Waals surface area contributed by atoms with E-state index in [4.69, 9.17) is 24.1 Å². The maximum Gasteiger partial charge on any atom is 0.329 e. The second-order valence-corrected chi connectivity index (χ2v) is 4.29. The maximum atomic E-state index is 10.2. The van der Waals surface area contributed by atoms with Gasteiger partial charge in [-0.15, -0.1) is 5.10 Å². The molecule has 22 heavy (non-hydrogen) atoms. The van der Waals surface area contributed by atoms with Gasteiger partial charge in [0.1, 0.15) is 12.3 Å². The van der Waals surface area contributed by atoms with E-state index in [1.54, 1.807) is 4.68 Å². The van der Waals surface area contributed by atoms with Crippen molar-refractivity contribution in [2.24, 2.45) is 0 Å². The van der Waals surface area contributed by atoms with Gasteiger partial charge in [-0.25, -0.2) is 4.79 Å². The van der Waals surface area contributed by atoms with Gasteiger partial charge in [0, 0.05) is 6.54 Å². The van der Waals surface area contributed by atoms with Gasteiger partial charge in [-0.05, 0) is 6.92 Å². The van der Waals surface area contributed by atoms with Crippen molar-refractivity contribution < 1.29 is 28.8 Å². The predicted molar refractivity (Wildman–Crippen MR) is 75.4 cm³/mol. The molecule has 0 aliphatic carbocycles. The van der Waals surface area contributed by atoms with E-state index < -0.39 is 5.97 Å². The van der Waals surface area contributed by atoms with Crippen molar-refractivity contribution in [3.8, 4) is 0 Å². The van der Waals surface area contributed by atoms with Crippen LogP contribution >= 0.6 is 0 Å². The lowest BCUT2D eigenvalue weighted by atomic mass is 10.5. The van der Waals surface area contributed by atoms with Gasteiger partial charge in [0.25, 0.3) is 0 Å². The van der Waals surface area contributed by atoms with E-state index in [9.17, 15) is 4.79 Å². The number of rotatable bonds is 14. The number of carbonyl (C=O) groups is 1. The minimum absolute atomic E-state index is 0.258. The lowest BCUT2D eigenvalue weighted by molar-refractivity contribution is -0.142. The van der Waals surface area contributed by atoms with Gasteiger partial charge in [0.2, 0.25) is 0 Å². The minimum atomic E-state index is -0.986. The first-order valence-corrected chi connectivity index (χ1v) is 7.14. The van der Waals surface area contributed by atoms with Crippen LogP contribution in [0.25, 0.3) is 0 Å². The average Bonchev–Trinajstić information content (AvgIpc) is 2.96. The van der Waals surface area contributed by atoms with Crippen LogP contribution < -0.4 is 0 Å². The molecule has 0 radical (unpaired) electrons. The molecule has 0 fully saturated rings. The third-order valence-corrected chi connectivity index (χ3v) is 2.50. The Kier molecular flexibility index (Phi) is 10.1. The summed E-state index contributed by atoms with van der Waals surface area (Å²) in [5.74, 6) is -0.986. The van der Waals surface area contributed by atoms with Crippen LogP contribution in [0.3, 0.4) is 0 Å². The molecule has 0 aliphatic heterocycles. The Morgan fingerprint density at radius 3 is 2.23 bits per heavy atom. The van der Waals surface area contributed by atoms with E-state index in [0.717, 1.165) is 12.2 Å². The molecule has 0 amide bonds. The second-order valence-electron chi connectivity index (χ2n) is 4.29. The van der Waals surface area contributed by atoms with E-state index in [0.29, 0.717) is 39.6 Å². The topological polar surface area (TPSA) is 105 Å². The van der Waals surface area contributed by atoms with Crippen molar-refractivity contribution in [1.82, 2.24) is 15.0 Å². The number of aromatic nitrogens is 3. The van der Waals surface area contributed by atoms with Crippen molar-refractivity contribution in [2.45, 2.75) is 20.1 Å². The Labute approximate surface area is 129 Å². The summed E-state index contributed by atoms with van der Waals surface area (Å²) in [5, 5.41) is 16.2. The number of aryl methyl sites for hydroxylation is 1. The molecule has 0 spiro atoms. The van der Waals surface area contributed by atoms with Crippen molar-refractivity contribution in [2.75, 3.05) is 46.2 Å². The number of aliphatic carboxylic acids is 1. The second kappa shape index (κ2) is 12.0. The molecule has 0 saturated carbocycles. The normalized spacial score (nSPS) is 11.0. The third-order valence-electron chi connectivity index (χ3n) is 2.50. The first kappa shape index (κ1) is 18.5. The Hall–Kier alpha value is -1.55. The third kappa shape index (κ3) is 9.40. The fourth-order valence-corrected chi connectivity index (χ4v) is 1.45. The van der Waals surface area contributed by atoms with E-state index in [1.165, 1.54) is 0 Å². The molecule has 1 heterocycles. The summed E-state index contributed by atoms with van der Waals surface area (Å²) in [5.41, 5.74) is 0.798. The Bertz CT molecular complexity index is 412. The Morgan fingerprint density at radius 1 is 1.09 bits per heavy atom. The van der Waals surface area contributed by atoms with E-state index >= 15 is 0 Å². The zero-order chi connectivity index (χ0) is 16.0. The summed E-state index contributed by atoms with van der Waals surface area (Å²) < 4.78 is 22.5. The van der Waals surface area contributed by atoms with Gasteiger partial charge in [0.05, 0.1) is 52.4 Å². The molecule has 9 heteroatoms. The van der Waals surface area contributed by atoms with Gasteiger partial charge in [-0.2, -0.15) is 0 Å². The van der Waals surface area contributed by atoms with E-state index in [2.05, 4.69) is 10.3 Å². The molecule has 9 nitrogen and oxygen atoms in total. The quantitative estimate of drug-likeness (QED) is 0.476. The molecule has 0 unspecified atom stereocenters. The predicted octanol–water partition coefficient (Wildman–Crippen LogP) is -0.0510. The largest absolute Gasteiger partial charge is 0.480 e. The standard InChI is InChI=1S/C13H23N3O6/c1-2-16-9-12(14-15-16)10-21-7-5-19-3-4-20-6-8-22-11-13(17)18/h9H,2-8,10-11H2,1H3,(H,17,18). The average molecular weight is 317 g/mol. The first-order valence-electron chi connectivity index (χ1n) is 7.14. The molecule has 0 aromatic carbocycles. The molecule has 0 aliphatic rings. The van der Waals surface area contributed by atoms with Crippen molar-refractivity contribution >= 4 is 5.97 Å². The van der Waals surface area contributed by atoms with Gasteiger partial charge in [0.15, 0.2) is 0 Å².